The van der Waals surface area contributed by atoms with Gasteiger partial charge in [-0.1, -0.05) is 25.5 Å². The van der Waals surface area contributed by atoms with Gasteiger partial charge in [-0.2, -0.15) is 0 Å². The number of rotatable bonds is 3. The molecule has 31 heavy (non-hydrogen) atoms. The van der Waals surface area contributed by atoms with Gasteiger partial charge in [-0.05, 0) is 67.3 Å². The third kappa shape index (κ3) is 3.72. The molecule has 6 heteroatoms. The molecule has 0 saturated heterocycles. The van der Waals surface area contributed by atoms with Crippen molar-refractivity contribution in [1.82, 2.24) is 0 Å². The number of carbonyl (C=O) groups is 3. The van der Waals surface area contributed by atoms with Crippen LogP contribution in [0.2, 0.25) is 0 Å². The minimum Gasteiger partial charge on any atom is -0.478 e. The molecule has 170 valence electrons. The molecular formula is C25H34O6. The third-order valence-electron chi connectivity index (χ3n) is 8.81. The van der Waals surface area contributed by atoms with Crippen LogP contribution in [0.15, 0.2) is 23.3 Å². The van der Waals surface area contributed by atoms with Gasteiger partial charge < -0.3 is 14.6 Å². The first-order valence-electron chi connectivity index (χ1n) is 11.5. The lowest BCUT2D eigenvalue weighted by Crippen LogP contribution is -2.51. The summed E-state index contributed by atoms with van der Waals surface area (Å²) >= 11 is 0. The average Bonchev–Trinajstić information content (AvgIpc) is 2.92. The number of carboxylic acid groups (broad SMARTS) is 1. The molecule has 0 unspecified atom stereocenters. The summed E-state index contributed by atoms with van der Waals surface area (Å²) in [6.07, 6.45) is 9.47. The van der Waals surface area contributed by atoms with Crippen LogP contribution < -0.4 is 0 Å². The van der Waals surface area contributed by atoms with Crippen molar-refractivity contribution in [3.63, 3.8) is 0 Å². The number of carboxylic acids is 1. The number of esters is 2. The first-order chi connectivity index (χ1) is 14.5. The molecule has 0 amide bonds. The summed E-state index contributed by atoms with van der Waals surface area (Å²) in [5, 5.41) is 9.40. The predicted molar refractivity (Wildman–Crippen MR) is 114 cm³/mol. The highest BCUT2D eigenvalue weighted by molar-refractivity contribution is 5.81. The number of allylic oxidation sites excluding steroid dienone is 1. The second-order valence-electron chi connectivity index (χ2n) is 10.5. The number of carbonyl (C=O) groups excluding carboxylic acids is 2. The standard InChI is InChI=1S/C25H34O6/c1-14(26)30-18-7-9-24(3)17(13-18)5-6-19-20(24)8-10-25(4)21(19)11-16(12-22(28)29)23(25)31-15(2)27/h5,12,18-21,23H,6-11,13H2,1-4H3,(H,28,29)/b16-12+/t18-,19-,20+,21+,23+,24+,25+/m1/s1. The Morgan fingerprint density at radius 1 is 1.03 bits per heavy atom. The third-order valence-corrected chi connectivity index (χ3v) is 8.81. The Labute approximate surface area is 184 Å². The highest BCUT2D eigenvalue weighted by atomic mass is 16.5. The summed E-state index contributed by atoms with van der Waals surface area (Å²) in [6, 6.07) is 0. The molecule has 1 N–H and O–H groups in total. The van der Waals surface area contributed by atoms with E-state index < -0.39 is 12.1 Å². The zero-order valence-corrected chi connectivity index (χ0v) is 19.0. The van der Waals surface area contributed by atoms with Crippen LogP contribution in [0.5, 0.6) is 0 Å². The quantitative estimate of drug-likeness (QED) is 0.405. The van der Waals surface area contributed by atoms with Gasteiger partial charge in [0.2, 0.25) is 0 Å². The Balaban J connectivity index is 1.64. The molecule has 0 bridgehead atoms. The van der Waals surface area contributed by atoms with E-state index >= 15 is 0 Å². The van der Waals surface area contributed by atoms with Gasteiger partial charge in [0.25, 0.3) is 0 Å². The molecule has 6 nitrogen and oxygen atoms in total. The summed E-state index contributed by atoms with van der Waals surface area (Å²) in [7, 11) is 0. The molecule has 3 fully saturated rings. The molecule has 4 rings (SSSR count). The van der Waals surface area contributed by atoms with E-state index in [0.29, 0.717) is 24.2 Å². The van der Waals surface area contributed by atoms with Gasteiger partial charge in [-0.3, -0.25) is 9.59 Å². The van der Waals surface area contributed by atoms with Crippen molar-refractivity contribution in [2.45, 2.75) is 84.8 Å². The molecule has 0 aromatic rings. The van der Waals surface area contributed by atoms with E-state index in [2.05, 4.69) is 19.9 Å². The van der Waals surface area contributed by atoms with Gasteiger partial charge >= 0.3 is 17.9 Å². The van der Waals surface area contributed by atoms with E-state index in [-0.39, 0.29) is 28.9 Å². The Hall–Kier alpha value is -2.11. The molecule has 0 aromatic heterocycles. The Morgan fingerprint density at radius 2 is 1.74 bits per heavy atom. The molecular weight excluding hydrogens is 396 g/mol. The van der Waals surface area contributed by atoms with Gasteiger partial charge in [0, 0.05) is 31.8 Å². The molecule has 0 aromatic carbocycles. The lowest BCUT2D eigenvalue weighted by Gasteiger charge is -2.57. The maximum atomic E-state index is 11.8. The van der Waals surface area contributed by atoms with Crippen molar-refractivity contribution < 1.29 is 29.0 Å². The lowest BCUT2D eigenvalue weighted by molar-refractivity contribution is -0.155. The molecule has 0 heterocycles. The van der Waals surface area contributed by atoms with Crippen LogP contribution in [0.3, 0.4) is 0 Å². The van der Waals surface area contributed by atoms with Crippen molar-refractivity contribution in [3.8, 4) is 0 Å². The van der Waals surface area contributed by atoms with E-state index in [4.69, 9.17) is 9.47 Å². The van der Waals surface area contributed by atoms with Crippen LogP contribution in [0.1, 0.15) is 72.6 Å². The van der Waals surface area contributed by atoms with Gasteiger partial charge in [-0.15, -0.1) is 0 Å². The van der Waals surface area contributed by atoms with E-state index in [1.807, 2.05) is 0 Å². The summed E-state index contributed by atoms with van der Waals surface area (Å²) in [5.74, 6) is -0.292. The fourth-order valence-electron chi connectivity index (χ4n) is 7.47. The molecule has 0 aliphatic heterocycles. The monoisotopic (exact) mass is 430 g/mol. The van der Waals surface area contributed by atoms with Crippen molar-refractivity contribution >= 4 is 17.9 Å². The normalized spacial score (nSPS) is 42.6. The second kappa shape index (κ2) is 7.79. The first kappa shape index (κ1) is 22.1. The number of aliphatic carboxylic acids is 1. The van der Waals surface area contributed by atoms with Gasteiger partial charge in [0.15, 0.2) is 0 Å². The maximum Gasteiger partial charge on any atom is 0.328 e. The van der Waals surface area contributed by atoms with E-state index in [1.54, 1.807) is 0 Å². The summed E-state index contributed by atoms with van der Waals surface area (Å²) in [4.78, 5) is 34.7. The Kier molecular flexibility index (Phi) is 5.55. The molecule has 4 aliphatic carbocycles. The average molecular weight is 431 g/mol. The van der Waals surface area contributed by atoms with Gasteiger partial charge in [-0.25, -0.2) is 4.79 Å². The number of fused-ring (bicyclic) bond motifs is 5. The summed E-state index contributed by atoms with van der Waals surface area (Å²) < 4.78 is 11.2. The van der Waals surface area contributed by atoms with Crippen molar-refractivity contribution in [3.05, 3.63) is 23.3 Å². The van der Waals surface area contributed by atoms with E-state index in [9.17, 15) is 19.5 Å². The molecule has 0 spiro atoms. The van der Waals surface area contributed by atoms with Crippen molar-refractivity contribution in [2.24, 2.45) is 28.6 Å². The largest absolute Gasteiger partial charge is 0.478 e. The summed E-state index contributed by atoms with van der Waals surface area (Å²) in [6.45, 7) is 7.43. The molecule has 7 atom stereocenters. The summed E-state index contributed by atoms with van der Waals surface area (Å²) in [5.41, 5.74) is 2.03. The molecule has 0 radical (unpaired) electrons. The van der Waals surface area contributed by atoms with E-state index in [1.165, 1.54) is 25.5 Å². The smallest absolute Gasteiger partial charge is 0.328 e. The highest BCUT2D eigenvalue weighted by Crippen LogP contribution is 2.66. The van der Waals surface area contributed by atoms with Crippen molar-refractivity contribution in [1.29, 1.82) is 0 Å². The Morgan fingerprint density at radius 3 is 2.39 bits per heavy atom. The van der Waals surface area contributed by atoms with Gasteiger partial charge in [0.05, 0.1) is 0 Å². The number of hydrogen-bond acceptors (Lipinski definition) is 5. The van der Waals surface area contributed by atoms with Crippen LogP contribution in [0.25, 0.3) is 0 Å². The minimum atomic E-state index is -0.979. The van der Waals surface area contributed by atoms with Crippen LogP contribution in [-0.4, -0.2) is 35.2 Å². The van der Waals surface area contributed by atoms with E-state index in [0.717, 1.165) is 44.1 Å². The second-order valence-corrected chi connectivity index (χ2v) is 10.5. The number of hydrogen-bond donors (Lipinski definition) is 1. The zero-order chi connectivity index (χ0) is 22.6. The molecule has 4 aliphatic rings. The zero-order valence-electron chi connectivity index (χ0n) is 19.0. The first-order valence-corrected chi connectivity index (χ1v) is 11.5. The minimum absolute atomic E-state index is 0.0211. The van der Waals surface area contributed by atoms with Crippen molar-refractivity contribution in [2.75, 3.05) is 0 Å². The van der Waals surface area contributed by atoms with Crippen LogP contribution in [0.4, 0.5) is 0 Å². The van der Waals surface area contributed by atoms with Crippen LogP contribution in [0, 0.1) is 28.6 Å². The van der Waals surface area contributed by atoms with Crippen LogP contribution in [-0.2, 0) is 23.9 Å². The van der Waals surface area contributed by atoms with Crippen LogP contribution >= 0.6 is 0 Å². The SMILES string of the molecule is CC(=O)O[C@@H]1CC[C@@]2(C)C(=CC[C@H]3[C@@H]4C/C(=C\C(=O)O)[C@H](OC(C)=O)[C@@]4(C)CC[C@@H]32)C1. The highest BCUT2D eigenvalue weighted by Gasteiger charge is 2.61. The Bertz CT molecular complexity index is 856. The maximum absolute atomic E-state index is 11.8. The lowest BCUT2D eigenvalue weighted by atomic mass is 9.48. The topological polar surface area (TPSA) is 89.9 Å². The molecule has 3 saturated carbocycles. The fourth-order valence-corrected chi connectivity index (χ4v) is 7.47. The fraction of sp³-hybridized carbons (Fsp3) is 0.720. The van der Waals surface area contributed by atoms with Gasteiger partial charge in [0.1, 0.15) is 12.2 Å². The predicted octanol–water partition coefficient (Wildman–Crippen LogP) is 4.43. The number of ether oxygens (including phenoxy) is 2.